The van der Waals surface area contributed by atoms with Gasteiger partial charge in [-0.1, -0.05) is 109 Å². The Morgan fingerprint density at radius 2 is 0.982 bits per heavy atom. The minimum absolute atomic E-state index is 0.737. The summed E-state index contributed by atoms with van der Waals surface area (Å²) in [5.74, 6) is 0.737. The summed E-state index contributed by atoms with van der Waals surface area (Å²) >= 11 is 1.80. The van der Waals surface area contributed by atoms with Crippen LogP contribution in [0.25, 0.3) is 99.7 Å². The van der Waals surface area contributed by atoms with Crippen molar-refractivity contribution in [1.82, 2.24) is 19.1 Å². The van der Waals surface area contributed by atoms with Gasteiger partial charge < -0.3 is 9.13 Å². The number of fused-ring (bicyclic) bond motifs is 8. The highest BCUT2D eigenvalue weighted by atomic mass is 32.2. The first-order valence-electron chi connectivity index (χ1n) is 18.6. The van der Waals surface area contributed by atoms with Crippen LogP contribution in [0.3, 0.4) is 0 Å². The van der Waals surface area contributed by atoms with Crippen molar-refractivity contribution < 1.29 is 0 Å². The molecule has 0 bridgehead atoms. The zero-order valence-corrected chi connectivity index (χ0v) is 30.3. The molecule has 1 aliphatic rings. The van der Waals surface area contributed by atoms with E-state index >= 15 is 0 Å². The van der Waals surface area contributed by atoms with Gasteiger partial charge in [0.2, 0.25) is 0 Å². The molecule has 0 N–H and O–H groups in total. The monoisotopic (exact) mass is 718 g/mol. The molecule has 8 aromatic carbocycles. The number of hydrogen-bond donors (Lipinski definition) is 0. The van der Waals surface area contributed by atoms with Gasteiger partial charge in [0.15, 0.2) is 5.82 Å². The Balaban J connectivity index is 0.993. The maximum absolute atomic E-state index is 5.21. The molecule has 4 nitrogen and oxygen atoms in total. The van der Waals surface area contributed by atoms with E-state index in [0.717, 1.165) is 33.7 Å². The average molecular weight is 719 g/mol. The lowest BCUT2D eigenvalue weighted by Gasteiger charge is -2.19. The van der Waals surface area contributed by atoms with Crippen LogP contribution in [0.4, 0.5) is 0 Å². The number of rotatable bonds is 4. The number of hydrogen-bond acceptors (Lipinski definition) is 3. The smallest absolute Gasteiger partial charge is 0.160 e. The van der Waals surface area contributed by atoms with Gasteiger partial charge >= 0.3 is 0 Å². The molecule has 0 aliphatic carbocycles. The van der Waals surface area contributed by atoms with E-state index in [4.69, 9.17) is 9.97 Å². The third-order valence-electron chi connectivity index (χ3n) is 11.1. The lowest BCUT2D eigenvalue weighted by atomic mass is 10.0. The molecular weight excluding hydrogens is 689 g/mol. The molecule has 0 spiro atoms. The zero-order chi connectivity index (χ0) is 36.0. The van der Waals surface area contributed by atoms with Crippen LogP contribution in [0.2, 0.25) is 0 Å². The molecule has 0 saturated carbocycles. The minimum Gasteiger partial charge on any atom is -0.309 e. The van der Waals surface area contributed by atoms with Gasteiger partial charge in [-0.25, -0.2) is 9.97 Å². The fourth-order valence-electron chi connectivity index (χ4n) is 8.63. The van der Waals surface area contributed by atoms with Gasteiger partial charge in [-0.15, -0.1) is 0 Å². The molecule has 0 radical (unpaired) electrons. The fourth-order valence-corrected chi connectivity index (χ4v) is 9.73. The first-order valence-corrected chi connectivity index (χ1v) is 19.4. The Hall–Kier alpha value is -6.95. The van der Waals surface area contributed by atoms with Crippen LogP contribution in [0.1, 0.15) is 0 Å². The molecule has 3 aromatic heterocycles. The van der Waals surface area contributed by atoms with Crippen molar-refractivity contribution in [3.05, 3.63) is 182 Å². The lowest BCUT2D eigenvalue weighted by Crippen LogP contribution is -2.00. The van der Waals surface area contributed by atoms with E-state index in [9.17, 15) is 0 Å². The third kappa shape index (κ3) is 4.60. The highest BCUT2D eigenvalue weighted by Crippen LogP contribution is 2.47. The quantitative estimate of drug-likeness (QED) is 0.182. The van der Waals surface area contributed by atoms with E-state index in [1.807, 2.05) is 0 Å². The van der Waals surface area contributed by atoms with Gasteiger partial charge in [0, 0.05) is 59.2 Å². The lowest BCUT2D eigenvalue weighted by molar-refractivity contribution is 1.17. The van der Waals surface area contributed by atoms with Crippen molar-refractivity contribution >= 4 is 66.3 Å². The largest absolute Gasteiger partial charge is 0.309 e. The summed E-state index contributed by atoms with van der Waals surface area (Å²) in [6.07, 6.45) is 0. The van der Waals surface area contributed by atoms with Crippen LogP contribution in [0.5, 0.6) is 0 Å². The van der Waals surface area contributed by atoms with E-state index in [1.165, 1.54) is 75.8 Å². The minimum atomic E-state index is 0.737. The Kier molecular flexibility index (Phi) is 6.53. The molecule has 256 valence electrons. The Morgan fingerprint density at radius 3 is 1.82 bits per heavy atom. The van der Waals surface area contributed by atoms with Crippen LogP contribution in [-0.2, 0) is 0 Å². The van der Waals surface area contributed by atoms with Crippen LogP contribution < -0.4 is 0 Å². The molecule has 0 saturated heterocycles. The van der Waals surface area contributed by atoms with Crippen molar-refractivity contribution in [2.75, 3.05) is 0 Å². The van der Waals surface area contributed by atoms with Crippen molar-refractivity contribution in [3.63, 3.8) is 0 Å². The summed E-state index contributed by atoms with van der Waals surface area (Å²) in [6, 6.07) is 65.5. The normalized spacial score (nSPS) is 12.3. The van der Waals surface area contributed by atoms with Crippen molar-refractivity contribution in [1.29, 1.82) is 0 Å². The second-order valence-corrected chi connectivity index (χ2v) is 15.3. The van der Waals surface area contributed by atoms with E-state index in [1.54, 1.807) is 11.8 Å². The Bertz CT molecular complexity index is 3340. The summed E-state index contributed by atoms with van der Waals surface area (Å²) in [5.41, 5.74) is 13.5. The molecule has 0 atom stereocenters. The third-order valence-corrected chi connectivity index (χ3v) is 12.3. The summed E-state index contributed by atoms with van der Waals surface area (Å²) in [4.78, 5) is 12.7. The molecule has 11 aromatic rings. The maximum Gasteiger partial charge on any atom is 0.160 e. The van der Waals surface area contributed by atoms with E-state index in [-0.39, 0.29) is 0 Å². The summed E-state index contributed by atoms with van der Waals surface area (Å²) in [6.45, 7) is 0. The van der Waals surface area contributed by atoms with Crippen LogP contribution >= 0.6 is 11.8 Å². The second-order valence-electron chi connectivity index (χ2n) is 14.2. The first kappa shape index (κ1) is 30.5. The number of aromatic nitrogens is 4. The number of nitrogens with zero attached hydrogens (tertiary/aromatic N) is 4. The van der Waals surface area contributed by atoms with E-state index in [0.29, 0.717) is 0 Å². The van der Waals surface area contributed by atoms with E-state index < -0.39 is 0 Å². The van der Waals surface area contributed by atoms with Crippen LogP contribution in [-0.4, -0.2) is 19.1 Å². The Labute approximate surface area is 321 Å². The van der Waals surface area contributed by atoms with Gasteiger partial charge in [0.1, 0.15) is 0 Å². The van der Waals surface area contributed by atoms with E-state index in [2.05, 4.69) is 191 Å². The molecule has 0 amide bonds. The Morgan fingerprint density at radius 1 is 0.382 bits per heavy atom. The molecule has 55 heavy (non-hydrogen) atoms. The summed E-state index contributed by atoms with van der Waals surface area (Å²) < 4.78 is 4.76. The van der Waals surface area contributed by atoms with Gasteiger partial charge in [-0.05, 0) is 96.1 Å². The van der Waals surface area contributed by atoms with Gasteiger partial charge in [0.05, 0.1) is 33.3 Å². The molecule has 4 heterocycles. The number of para-hydroxylation sites is 3. The summed E-state index contributed by atoms with van der Waals surface area (Å²) in [5, 5.41) is 6.10. The molecule has 5 heteroatoms. The van der Waals surface area contributed by atoms with Crippen molar-refractivity contribution in [3.8, 4) is 45.1 Å². The van der Waals surface area contributed by atoms with Gasteiger partial charge in [0.25, 0.3) is 0 Å². The molecular formula is C50H30N4S. The van der Waals surface area contributed by atoms with Gasteiger partial charge in [-0.3, -0.25) is 0 Å². The maximum atomic E-state index is 5.21. The van der Waals surface area contributed by atoms with Crippen molar-refractivity contribution in [2.24, 2.45) is 0 Å². The molecule has 1 aliphatic heterocycles. The van der Waals surface area contributed by atoms with Crippen LogP contribution in [0.15, 0.2) is 192 Å². The molecule has 0 fully saturated rings. The number of benzene rings is 8. The molecule has 0 unspecified atom stereocenters. The SMILES string of the molecule is c1ccc(-n2c3ccccc3c3cc(-c4ccc5c6ccccc6n(-c6ccc(-c7nc8c9c(cccc9n7)Sc7ccccc7-8)cc6)c5c4)ccc32)cc1. The molecule has 12 rings (SSSR count). The van der Waals surface area contributed by atoms with Crippen LogP contribution in [0, 0.1) is 0 Å². The van der Waals surface area contributed by atoms with Gasteiger partial charge in [-0.2, -0.15) is 0 Å². The second kappa shape index (κ2) is 11.8. The topological polar surface area (TPSA) is 35.6 Å². The summed E-state index contributed by atoms with van der Waals surface area (Å²) in [7, 11) is 0. The standard InChI is InChI=1S/C50H30N4S/c1-2-11-34(12-3-1)53-43-18-8-5-14-37(43)40-29-32(24-28-44(40)53)33-23-27-38-36-13-4-7-17-42(36)54(45(38)30-33)35-25-21-31(22-26-35)50-51-41-16-10-20-47-48(41)49(52-50)39-15-6-9-19-46(39)55-47/h1-30H. The highest BCUT2D eigenvalue weighted by Gasteiger charge is 2.22. The fraction of sp³-hybridized carbons (Fsp3) is 0. The van der Waals surface area contributed by atoms with Crippen molar-refractivity contribution in [2.45, 2.75) is 9.79 Å². The predicted octanol–water partition coefficient (Wildman–Crippen LogP) is 13.3. The highest BCUT2D eigenvalue weighted by molar-refractivity contribution is 7.99. The zero-order valence-electron chi connectivity index (χ0n) is 29.5. The first-order chi connectivity index (χ1) is 27.3. The average Bonchev–Trinajstić information content (AvgIpc) is 3.76. The predicted molar refractivity (Wildman–Crippen MR) is 229 cm³/mol.